The number of nitrogens with one attached hydrogen (secondary N) is 1. The van der Waals surface area contributed by atoms with E-state index in [1.807, 2.05) is 4.90 Å². The number of hydrogen-bond acceptors (Lipinski definition) is 2. The first-order valence-corrected chi connectivity index (χ1v) is 8.47. The summed E-state index contributed by atoms with van der Waals surface area (Å²) in [6, 6.07) is 6.92. The molecule has 0 unspecified atom stereocenters. The van der Waals surface area contributed by atoms with Crippen LogP contribution < -0.4 is 5.32 Å². The van der Waals surface area contributed by atoms with Crippen LogP contribution >= 0.6 is 0 Å². The van der Waals surface area contributed by atoms with Crippen LogP contribution in [0.5, 0.6) is 0 Å². The van der Waals surface area contributed by atoms with Crippen molar-refractivity contribution in [3.63, 3.8) is 0 Å². The van der Waals surface area contributed by atoms with E-state index in [0.717, 1.165) is 37.9 Å². The normalized spacial score (nSPS) is 19.1. The predicted octanol–water partition coefficient (Wildman–Crippen LogP) is 3.10. The van der Waals surface area contributed by atoms with Crippen LogP contribution in [-0.4, -0.2) is 29.9 Å². The molecule has 0 aromatic heterocycles. The van der Waals surface area contributed by atoms with Gasteiger partial charge in [-0.15, -0.1) is 0 Å². The molecule has 1 saturated heterocycles. The zero-order chi connectivity index (χ0) is 15.4. The van der Waals surface area contributed by atoms with Crippen molar-refractivity contribution < 1.29 is 9.18 Å². The number of halogens is 1. The highest BCUT2D eigenvalue weighted by atomic mass is 19.1. The molecule has 2 aliphatic rings. The molecule has 1 aliphatic carbocycles. The molecule has 0 radical (unpaired) electrons. The summed E-state index contributed by atoms with van der Waals surface area (Å²) in [5.41, 5.74) is 1.02. The SMILES string of the molecule is O=C(CCC1CCNCC1)N(Cc1ccc(F)cc1)C1CC1. The van der Waals surface area contributed by atoms with Crippen LogP contribution in [0.1, 0.15) is 44.1 Å². The molecule has 1 aromatic rings. The molecule has 1 amide bonds. The molecule has 1 saturated carbocycles. The van der Waals surface area contributed by atoms with E-state index in [-0.39, 0.29) is 11.7 Å². The smallest absolute Gasteiger partial charge is 0.223 e. The Hall–Kier alpha value is -1.42. The average molecular weight is 304 g/mol. The minimum Gasteiger partial charge on any atom is -0.335 e. The minimum absolute atomic E-state index is 0.223. The largest absolute Gasteiger partial charge is 0.335 e. The number of carbonyl (C=O) groups excluding carboxylic acids is 1. The third kappa shape index (κ3) is 4.29. The topological polar surface area (TPSA) is 32.3 Å². The molecule has 3 rings (SSSR count). The van der Waals surface area contributed by atoms with E-state index in [1.54, 1.807) is 12.1 Å². The Morgan fingerprint density at radius 3 is 2.45 bits per heavy atom. The molecular formula is C18H25FN2O. The summed E-state index contributed by atoms with van der Waals surface area (Å²) < 4.78 is 13.0. The molecule has 0 spiro atoms. The van der Waals surface area contributed by atoms with Gasteiger partial charge in [-0.1, -0.05) is 12.1 Å². The van der Waals surface area contributed by atoms with Gasteiger partial charge in [0.1, 0.15) is 5.82 Å². The number of benzene rings is 1. The van der Waals surface area contributed by atoms with E-state index in [2.05, 4.69) is 5.32 Å². The fourth-order valence-corrected chi connectivity index (χ4v) is 3.24. The number of amides is 1. The first-order chi connectivity index (χ1) is 10.7. The maximum absolute atomic E-state index is 13.0. The zero-order valence-corrected chi connectivity index (χ0v) is 13.1. The monoisotopic (exact) mass is 304 g/mol. The van der Waals surface area contributed by atoms with Crippen LogP contribution in [0.4, 0.5) is 4.39 Å². The van der Waals surface area contributed by atoms with Gasteiger partial charge in [-0.3, -0.25) is 4.79 Å². The Labute approximate surface area is 131 Å². The van der Waals surface area contributed by atoms with Crippen molar-refractivity contribution in [1.82, 2.24) is 10.2 Å². The van der Waals surface area contributed by atoms with Gasteiger partial charge in [0.2, 0.25) is 5.91 Å². The fraction of sp³-hybridized carbons (Fsp3) is 0.611. The van der Waals surface area contributed by atoms with Gasteiger partial charge in [-0.2, -0.15) is 0 Å². The minimum atomic E-state index is -0.223. The number of carbonyl (C=O) groups is 1. The van der Waals surface area contributed by atoms with Gasteiger partial charge in [0, 0.05) is 19.0 Å². The van der Waals surface area contributed by atoms with Crippen molar-refractivity contribution in [2.24, 2.45) is 5.92 Å². The van der Waals surface area contributed by atoms with Crippen molar-refractivity contribution >= 4 is 5.91 Å². The highest BCUT2D eigenvalue weighted by Gasteiger charge is 2.32. The van der Waals surface area contributed by atoms with Crippen molar-refractivity contribution in [2.75, 3.05) is 13.1 Å². The second-order valence-corrected chi connectivity index (χ2v) is 6.61. The predicted molar refractivity (Wildman–Crippen MR) is 84.8 cm³/mol. The van der Waals surface area contributed by atoms with E-state index < -0.39 is 0 Å². The van der Waals surface area contributed by atoms with Crippen molar-refractivity contribution in [1.29, 1.82) is 0 Å². The summed E-state index contributed by atoms with van der Waals surface area (Å²) in [6.07, 6.45) is 6.26. The maximum atomic E-state index is 13.0. The number of hydrogen-bond donors (Lipinski definition) is 1. The average Bonchev–Trinajstić information content (AvgIpc) is 3.38. The highest BCUT2D eigenvalue weighted by Crippen LogP contribution is 2.30. The number of piperidine rings is 1. The van der Waals surface area contributed by atoms with Gasteiger partial charge in [-0.05, 0) is 68.8 Å². The molecule has 120 valence electrons. The van der Waals surface area contributed by atoms with Crippen LogP contribution in [-0.2, 0) is 11.3 Å². The summed E-state index contributed by atoms with van der Waals surface area (Å²) in [5, 5.41) is 3.36. The summed E-state index contributed by atoms with van der Waals surface area (Å²) in [5.74, 6) is 0.737. The van der Waals surface area contributed by atoms with Gasteiger partial charge < -0.3 is 10.2 Å². The molecule has 4 heteroatoms. The molecule has 1 aromatic carbocycles. The summed E-state index contributed by atoms with van der Waals surface area (Å²) in [4.78, 5) is 14.6. The van der Waals surface area contributed by atoms with Crippen LogP contribution in [0.2, 0.25) is 0 Å². The van der Waals surface area contributed by atoms with Gasteiger partial charge in [0.05, 0.1) is 0 Å². The Balaban J connectivity index is 1.53. The van der Waals surface area contributed by atoms with Gasteiger partial charge in [0.25, 0.3) is 0 Å². The van der Waals surface area contributed by atoms with Gasteiger partial charge >= 0.3 is 0 Å². The lowest BCUT2D eigenvalue weighted by molar-refractivity contribution is -0.132. The van der Waals surface area contributed by atoms with E-state index >= 15 is 0 Å². The molecule has 3 nitrogen and oxygen atoms in total. The Morgan fingerprint density at radius 1 is 1.14 bits per heavy atom. The van der Waals surface area contributed by atoms with E-state index in [0.29, 0.717) is 24.9 Å². The Morgan fingerprint density at radius 2 is 1.82 bits per heavy atom. The lowest BCUT2D eigenvalue weighted by atomic mass is 9.93. The lowest BCUT2D eigenvalue weighted by Gasteiger charge is -2.26. The van der Waals surface area contributed by atoms with Crippen LogP contribution in [0.25, 0.3) is 0 Å². The molecule has 1 N–H and O–H groups in total. The Bertz CT molecular complexity index is 492. The number of nitrogens with zero attached hydrogens (tertiary/aromatic N) is 1. The van der Waals surface area contributed by atoms with Crippen LogP contribution in [0.3, 0.4) is 0 Å². The molecule has 2 fully saturated rings. The molecule has 1 heterocycles. The van der Waals surface area contributed by atoms with Crippen LogP contribution in [0.15, 0.2) is 24.3 Å². The first kappa shape index (κ1) is 15.5. The first-order valence-electron chi connectivity index (χ1n) is 8.47. The third-order valence-electron chi connectivity index (χ3n) is 4.80. The summed E-state index contributed by atoms with van der Waals surface area (Å²) in [6.45, 7) is 2.79. The second-order valence-electron chi connectivity index (χ2n) is 6.61. The van der Waals surface area contributed by atoms with Gasteiger partial charge in [-0.25, -0.2) is 4.39 Å². The quantitative estimate of drug-likeness (QED) is 0.876. The van der Waals surface area contributed by atoms with Crippen LogP contribution in [0, 0.1) is 11.7 Å². The second kappa shape index (κ2) is 7.23. The van der Waals surface area contributed by atoms with Gasteiger partial charge in [0.15, 0.2) is 0 Å². The third-order valence-corrected chi connectivity index (χ3v) is 4.80. The highest BCUT2D eigenvalue weighted by molar-refractivity contribution is 5.76. The van der Waals surface area contributed by atoms with Crippen molar-refractivity contribution in [3.05, 3.63) is 35.6 Å². The van der Waals surface area contributed by atoms with Crippen molar-refractivity contribution in [2.45, 2.75) is 51.1 Å². The summed E-state index contributed by atoms with van der Waals surface area (Å²) >= 11 is 0. The molecule has 22 heavy (non-hydrogen) atoms. The Kier molecular flexibility index (Phi) is 5.08. The molecule has 1 aliphatic heterocycles. The fourth-order valence-electron chi connectivity index (χ4n) is 3.24. The zero-order valence-electron chi connectivity index (χ0n) is 13.1. The molecule has 0 atom stereocenters. The van der Waals surface area contributed by atoms with E-state index in [9.17, 15) is 9.18 Å². The van der Waals surface area contributed by atoms with E-state index in [1.165, 1.54) is 25.0 Å². The van der Waals surface area contributed by atoms with Crippen molar-refractivity contribution in [3.8, 4) is 0 Å². The maximum Gasteiger partial charge on any atom is 0.223 e. The number of rotatable bonds is 6. The molecule has 0 bridgehead atoms. The molecular weight excluding hydrogens is 279 g/mol. The summed E-state index contributed by atoms with van der Waals surface area (Å²) in [7, 11) is 0. The lowest BCUT2D eigenvalue weighted by Crippen LogP contribution is -2.33. The van der Waals surface area contributed by atoms with E-state index in [4.69, 9.17) is 0 Å². The standard InChI is InChI=1S/C18H25FN2O/c19-16-4-1-15(2-5-16)13-21(17-6-7-17)18(22)8-3-14-9-11-20-12-10-14/h1-2,4-5,14,17,20H,3,6-13H2.